The molecule has 66 valence electrons. The molecule has 0 heterocycles. The molecule has 13 heavy (non-hydrogen) atoms. The first kappa shape index (κ1) is 13.9. The van der Waals surface area contributed by atoms with Gasteiger partial charge in [0.05, 0.1) is 5.82 Å². The average molecular weight is 236 g/mol. The molecule has 0 nitrogen and oxygen atoms in total. The van der Waals surface area contributed by atoms with Crippen LogP contribution in [-0.2, 0) is 0 Å². The summed E-state index contributed by atoms with van der Waals surface area (Å²) in [5, 5.41) is -0.595. The molecule has 1 aromatic rings. The Balaban J connectivity index is 0.00000144. The molecule has 0 bridgehead atoms. The number of halogens is 5. The monoisotopic (exact) mass is 236 g/mol. The summed E-state index contributed by atoms with van der Waals surface area (Å²) in [5.74, 6) is -1.32. The molecule has 7 heteroatoms. The molecule has 0 N–H and O–H groups in total. The minimum Gasteiger partial charge on any atom is -0.445 e. The van der Waals surface area contributed by atoms with Crippen molar-refractivity contribution in [3.8, 4) is 0 Å². The minimum atomic E-state index is -5.36. The molecule has 1 rings (SSSR count). The van der Waals surface area contributed by atoms with Crippen molar-refractivity contribution in [2.75, 3.05) is 0 Å². The van der Waals surface area contributed by atoms with Gasteiger partial charge in [-0.15, -0.1) is 0 Å². The van der Waals surface area contributed by atoms with E-state index in [0.29, 0.717) is 0 Å². The molecule has 0 radical (unpaired) electrons. The predicted octanol–water partition coefficient (Wildman–Crippen LogP) is -0.463. The van der Waals surface area contributed by atoms with Crippen molar-refractivity contribution >= 4 is 24.0 Å². The summed E-state index contributed by atoms with van der Waals surface area (Å²) in [5.41, 5.74) is -1.35. The van der Waals surface area contributed by atoms with Crippen LogP contribution >= 0.6 is 11.6 Å². The van der Waals surface area contributed by atoms with Crippen LogP contribution in [0.5, 0.6) is 0 Å². The van der Waals surface area contributed by atoms with Crippen molar-refractivity contribution < 1.29 is 68.7 Å². The van der Waals surface area contributed by atoms with Gasteiger partial charge in [-0.05, 0) is 12.1 Å². The standard InChI is InChI=1S/C6H3BClF4.K/c8-4-2-1-3-5(9)6(4)7(10,11)12;/h1-3H;/q-1;+1. The van der Waals surface area contributed by atoms with Gasteiger partial charge in [-0.3, -0.25) is 0 Å². The van der Waals surface area contributed by atoms with Gasteiger partial charge in [-0.1, -0.05) is 23.1 Å². The molecule has 0 aliphatic heterocycles. The summed E-state index contributed by atoms with van der Waals surface area (Å²) in [7, 11) is 0. The number of hydrogen-bond acceptors (Lipinski definition) is 0. The largest absolute Gasteiger partial charge is 1.00 e. The normalized spacial score (nSPS) is 10.8. The third kappa shape index (κ3) is 3.53. The van der Waals surface area contributed by atoms with Crippen LogP contribution in [-0.4, -0.2) is 6.98 Å². The van der Waals surface area contributed by atoms with Crippen LogP contribution in [0.3, 0.4) is 0 Å². The zero-order valence-electron chi connectivity index (χ0n) is 6.70. The maximum Gasteiger partial charge on any atom is 1.00 e. The summed E-state index contributed by atoms with van der Waals surface area (Å²) in [6.07, 6.45) is 0. The molecule has 0 spiro atoms. The van der Waals surface area contributed by atoms with Gasteiger partial charge < -0.3 is 12.9 Å². The summed E-state index contributed by atoms with van der Waals surface area (Å²) in [6.45, 7) is -5.36. The Morgan fingerprint density at radius 3 is 2.00 bits per heavy atom. The van der Waals surface area contributed by atoms with E-state index in [1.165, 1.54) is 0 Å². The number of hydrogen-bond donors (Lipinski definition) is 0. The molecule has 0 saturated heterocycles. The fourth-order valence-electron chi connectivity index (χ4n) is 0.823. The first-order valence-corrected chi connectivity index (χ1v) is 3.44. The minimum absolute atomic E-state index is 0. The zero-order valence-corrected chi connectivity index (χ0v) is 10.6. The van der Waals surface area contributed by atoms with E-state index in [0.717, 1.165) is 18.2 Å². The Morgan fingerprint density at radius 1 is 1.15 bits per heavy atom. The third-order valence-electron chi connectivity index (χ3n) is 1.33. The summed E-state index contributed by atoms with van der Waals surface area (Å²) >= 11 is 5.17. The Labute approximate surface area is 120 Å². The van der Waals surface area contributed by atoms with Crippen LogP contribution in [0, 0.1) is 5.82 Å². The second-order valence-electron chi connectivity index (χ2n) is 2.21. The van der Waals surface area contributed by atoms with Crippen LogP contribution in [0.1, 0.15) is 0 Å². The fraction of sp³-hybridized carbons (Fsp3) is 0. The Hall–Kier alpha value is 0.931. The molecule has 0 saturated carbocycles. The van der Waals surface area contributed by atoms with Gasteiger partial charge in [0.2, 0.25) is 0 Å². The molecule has 0 aliphatic rings. The van der Waals surface area contributed by atoms with Gasteiger partial charge in [0.15, 0.2) is 0 Å². The van der Waals surface area contributed by atoms with E-state index in [4.69, 9.17) is 11.6 Å². The molecule has 0 unspecified atom stereocenters. The van der Waals surface area contributed by atoms with E-state index in [1.807, 2.05) is 0 Å². The van der Waals surface area contributed by atoms with Crippen molar-refractivity contribution in [1.29, 1.82) is 0 Å². The molecule has 0 amide bonds. The van der Waals surface area contributed by atoms with Crippen LogP contribution in [0.2, 0.25) is 5.02 Å². The van der Waals surface area contributed by atoms with Gasteiger partial charge >= 0.3 is 58.4 Å². The molecular formula is C6H3BClF4K. The van der Waals surface area contributed by atoms with E-state index >= 15 is 0 Å². The summed E-state index contributed by atoms with van der Waals surface area (Å²) < 4.78 is 48.7. The van der Waals surface area contributed by atoms with Gasteiger partial charge in [0.25, 0.3) is 0 Å². The quantitative estimate of drug-likeness (QED) is 0.457. The second-order valence-corrected chi connectivity index (χ2v) is 2.62. The molecular weight excluding hydrogens is 233 g/mol. The van der Waals surface area contributed by atoms with Crippen LogP contribution in [0.15, 0.2) is 18.2 Å². The van der Waals surface area contributed by atoms with E-state index in [-0.39, 0.29) is 51.4 Å². The van der Waals surface area contributed by atoms with Crippen molar-refractivity contribution in [3.05, 3.63) is 29.0 Å². The first-order valence-electron chi connectivity index (χ1n) is 3.07. The van der Waals surface area contributed by atoms with Crippen molar-refractivity contribution in [2.24, 2.45) is 0 Å². The summed E-state index contributed by atoms with van der Waals surface area (Å²) in [6, 6.07) is 2.87. The van der Waals surface area contributed by atoms with E-state index in [1.54, 1.807) is 0 Å². The van der Waals surface area contributed by atoms with Crippen molar-refractivity contribution in [3.63, 3.8) is 0 Å². The Morgan fingerprint density at radius 2 is 1.69 bits per heavy atom. The third-order valence-corrected chi connectivity index (χ3v) is 1.66. The van der Waals surface area contributed by atoms with E-state index in [9.17, 15) is 17.3 Å². The summed E-state index contributed by atoms with van der Waals surface area (Å²) in [4.78, 5) is 0. The maximum atomic E-state index is 12.6. The topological polar surface area (TPSA) is 0 Å². The van der Waals surface area contributed by atoms with Crippen LogP contribution < -0.4 is 56.8 Å². The Bertz CT molecular complexity index is 281. The van der Waals surface area contributed by atoms with Crippen LogP contribution in [0.4, 0.5) is 17.3 Å². The number of benzene rings is 1. The predicted molar refractivity (Wildman–Crippen MR) is 40.1 cm³/mol. The SMILES string of the molecule is Fc1cccc(Cl)c1[B-](F)(F)F.[K+]. The second kappa shape index (κ2) is 5.14. The van der Waals surface area contributed by atoms with Crippen molar-refractivity contribution in [2.45, 2.75) is 0 Å². The molecule has 0 aliphatic carbocycles. The fourth-order valence-corrected chi connectivity index (χ4v) is 1.11. The average Bonchev–Trinajstić information content (AvgIpc) is 1.82. The molecule has 0 atom stereocenters. The van der Waals surface area contributed by atoms with Gasteiger partial charge in [0.1, 0.15) is 0 Å². The molecule has 0 fully saturated rings. The Kier molecular flexibility index (Phi) is 5.50. The maximum absolute atomic E-state index is 12.6. The number of rotatable bonds is 1. The first-order chi connectivity index (χ1) is 5.43. The molecule has 0 aromatic heterocycles. The molecule has 1 aromatic carbocycles. The van der Waals surface area contributed by atoms with Gasteiger partial charge in [-0.25, -0.2) is 4.39 Å². The van der Waals surface area contributed by atoms with Gasteiger partial charge in [-0.2, -0.15) is 0 Å². The van der Waals surface area contributed by atoms with Crippen LogP contribution in [0.25, 0.3) is 0 Å². The smallest absolute Gasteiger partial charge is 0.445 e. The van der Waals surface area contributed by atoms with Gasteiger partial charge in [0, 0.05) is 5.02 Å². The van der Waals surface area contributed by atoms with E-state index in [2.05, 4.69) is 0 Å². The van der Waals surface area contributed by atoms with Crippen molar-refractivity contribution in [1.82, 2.24) is 0 Å². The zero-order chi connectivity index (χ0) is 9.35. The van der Waals surface area contributed by atoms with E-state index < -0.39 is 23.3 Å².